The van der Waals surface area contributed by atoms with Crippen LogP contribution in [0.2, 0.25) is 0 Å². The van der Waals surface area contributed by atoms with Gasteiger partial charge in [0.2, 0.25) is 0 Å². The number of aliphatic hydroxyl groups excluding tert-OH is 1. The molecule has 96 heavy (non-hydrogen) atoms. The Balaban J connectivity index is 5.27. The largest absolute Gasteiger partial charge is 0.472 e. The molecule has 570 valence electrons. The van der Waals surface area contributed by atoms with Gasteiger partial charge in [-0.25, -0.2) is 9.13 Å². The number of rotatable bonds is 75. The van der Waals surface area contributed by atoms with Gasteiger partial charge in [-0.2, -0.15) is 0 Å². The number of esters is 4. The van der Waals surface area contributed by atoms with Crippen molar-refractivity contribution in [2.75, 3.05) is 39.6 Å². The molecule has 0 aromatic carbocycles. The molecule has 0 spiro atoms. The fraction of sp³-hybridized carbons (Fsp3) is 0.948. The zero-order valence-corrected chi connectivity index (χ0v) is 64.6. The van der Waals surface area contributed by atoms with Gasteiger partial charge in [0, 0.05) is 25.7 Å². The number of hydrogen-bond donors (Lipinski definition) is 3. The minimum absolute atomic E-state index is 0.106. The highest BCUT2D eigenvalue weighted by molar-refractivity contribution is 7.47. The molecule has 0 aliphatic carbocycles. The number of unbranched alkanes of at least 4 members (excludes halogenated alkanes) is 42. The van der Waals surface area contributed by atoms with E-state index in [1.807, 2.05) is 0 Å². The Labute approximate surface area is 588 Å². The van der Waals surface area contributed by atoms with Crippen LogP contribution in [0.4, 0.5) is 0 Å². The molecule has 3 N–H and O–H groups in total. The Morgan fingerprint density at radius 2 is 0.531 bits per heavy atom. The zero-order chi connectivity index (χ0) is 70.9. The van der Waals surface area contributed by atoms with Crippen molar-refractivity contribution >= 4 is 39.5 Å². The average Bonchev–Trinajstić information content (AvgIpc) is 1.28. The van der Waals surface area contributed by atoms with Crippen molar-refractivity contribution in [3.8, 4) is 0 Å². The summed E-state index contributed by atoms with van der Waals surface area (Å²) in [5.74, 6) is 0.254. The van der Waals surface area contributed by atoms with Crippen LogP contribution in [0.15, 0.2) is 0 Å². The van der Waals surface area contributed by atoms with Crippen molar-refractivity contribution in [2.24, 2.45) is 17.8 Å². The summed E-state index contributed by atoms with van der Waals surface area (Å²) >= 11 is 0. The van der Waals surface area contributed by atoms with Crippen LogP contribution in [0.3, 0.4) is 0 Å². The maximum absolute atomic E-state index is 13.1. The highest BCUT2D eigenvalue weighted by Gasteiger charge is 2.30. The molecule has 19 heteroatoms. The molecule has 0 saturated carbocycles. The highest BCUT2D eigenvalue weighted by Crippen LogP contribution is 2.45. The molecule has 0 amide bonds. The molecule has 0 fully saturated rings. The summed E-state index contributed by atoms with van der Waals surface area (Å²) < 4.78 is 68.6. The molecule has 17 nitrogen and oxygen atoms in total. The second-order valence-corrected chi connectivity index (χ2v) is 31.8. The maximum atomic E-state index is 13.1. The Morgan fingerprint density at radius 3 is 0.792 bits per heavy atom. The molecule has 0 rings (SSSR count). The minimum Gasteiger partial charge on any atom is -0.462 e. The average molecular weight is 1410 g/mol. The molecule has 0 bridgehead atoms. The van der Waals surface area contributed by atoms with Gasteiger partial charge in [-0.3, -0.25) is 37.3 Å². The summed E-state index contributed by atoms with van der Waals surface area (Å²) in [6.45, 7) is 12.0. The lowest BCUT2D eigenvalue weighted by Gasteiger charge is -2.21. The van der Waals surface area contributed by atoms with Crippen molar-refractivity contribution < 1.29 is 80.2 Å². The van der Waals surface area contributed by atoms with Gasteiger partial charge in [0.15, 0.2) is 12.2 Å². The van der Waals surface area contributed by atoms with E-state index >= 15 is 0 Å². The lowest BCUT2D eigenvalue weighted by molar-refractivity contribution is -0.161. The Bertz CT molecular complexity index is 1870. The SMILES string of the molecule is CCCCCCCCCCCCCC(=O)OC[C@H](COP(=O)(O)OC[C@H](O)COP(=O)(O)OC[C@@H](COC(=O)CCCCCCCCCCCCCC(C)C)OC(=O)CCCCCCCCCCCCCCCCC(C)C)OC(=O)CCCCCCCCCCCCC(C)CC. The Kier molecular flexibility index (Phi) is 66.2. The fourth-order valence-corrected chi connectivity index (χ4v) is 13.3. The van der Waals surface area contributed by atoms with Gasteiger partial charge in [-0.1, -0.05) is 344 Å². The molecular formula is C77H150O17P2. The first kappa shape index (κ1) is 94.1. The van der Waals surface area contributed by atoms with Crippen LogP contribution in [0.1, 0.15) is 395 Å². The molecule has 0 radical (unpaired) electrons. The lowest BCUT2D eigenvalue weighted by Crippen LogP contribution is -2.30. The second-order valence-electron chi connectivity index (χ2n) is 28.9. The number of carbonyl (C=O) groups is 4. The van der Waals surface area contributed by atoms with Crippen LogP contribution in [0, 0.1) is 17.8 Å². The Hall–Kier alpha value is -1.94. The van der Waals surface area contributed by atoms with Crippen molar-refractivity contribution in [3.63, 3.8) is 0 Å². The van der Waals surface area contributed by atoms with Crippen molar-refractivity contribution in [1.29, 1.82) is 0 Å². The fourth-order valence-electron chi connectivity index (χ4n) is 11.7. The third-order valence-corrected chi connectivity index (χ3v) is 20.1. The molecule has 6 atom stereocenters. The molecule has 0 saturated heterocycles. The predicted octanol–water partition coefficient (Wildman–Crippen LogP) is 22.6. The topological polar surface area (TPSA) is 237 Å². The van der Waals surface area contributed by atoms with Crippen LogP contribution in [-0.2, 0) is 65.4 Å². The maximum Gasteiger partial charge on any atom is 0.472 e. The third-order valence-electron chi connectivity index (χ3n) is 18.2. The number of hydrogen-bond acceptors (Lipinski definition) is 15. The van der Waals surface area contributed by atoms with E-state index in [2.05, 4.69) is 48.5 Å². The lowest BCUT2D eigenvalue weighted by atomic mass is 9.99. The van der Waals surface area contributed by atoms with Crippen LogP contribution in [-0.4, -0.2) is 96.7 Å². The van der Waals surface area contributed by atoms with E-state index in [0.29, 0.717) is 25.7 Å². The van der Waals surface area contributed by atoms with E-state index in [-0.39, 0.29) is 25.7 Å². The summed E-state index contributed by atoms with van der Waals surface area (Å²) in [6, 6.07) is 0. The van der Waals surface area contributed by atoms with E-state index in [0.717, 1.165) is 108 Å². The second kappa shape index (κ2) is 67.5. The number of aliphatic hydroxyl groups is 1. The van der Waals surface area contributed by atoms with Crippen LogP contribution in [0.5, 0.6) is 0 Å². The van der Waals surface area contributed by atoms with Crippen molar-refractivity contribution in [2.45, 2.75) is 414 Å². The zero-order valence-electron chi connectivity index (χ0n) is 62.8. The number of ether oxygens (including phenoxy) is 4. The summed E-state index contributed by atoms with van der Waals surface area (Å²) in [4.78, 5) is 72.9. The summed E-state index contributed by atoms with van der Waals surface area (Å²) in [7, 11) is -9.91. The molecule has 0 aliphatic heterocycles. The molecular weight excluding hydrogens is 1260 g/mol. The van der Waals surface area contributed by atoms with E-state index in [1.54, 1.807) is 0 Å². The number of phosphoric ester groups is 2. The normalized spacial score (nSPS) is 14.3. The smallest absolute Gasteiger partial charge is 0.462 e. The van der Waals surface area contributed by atoms with Gasteiger partial charge in [0.1, 0.15) is 19.3 Å². The van der Waals surface area contributed by atoms with E-state index in [4.69, 9.17) is 37.0 Å². The van der Waals surface area contributed by atoms with Gasteiger partial charge in [0.25, 0.3) is 0 Å². The standard InChI is InChI=1S/C77H150O17P2/c1-8-10-11-12-13-14-20-30-37-44-51-58-74(79)87-64-73(94-77(82)61-54-47-40-33-26-25-29-36-43-50-57-70(7)9-2)67-92-96(85,86)90-63-71(78)62-89-95(83,84)91-66-72(65-88-75(80)59-52-45-38-31-24-19-22-28-35-42-49-56-69(5)6)93-76(81)60-53-46-39-32-23-18-16-15-17-21-27-34-41-48-55-68(3)4/h68-73,78H,8-67H2,1-7H3,(H,83,84)(H,85,86)/t70?,71-,72-,73-/m1/s1. The monoisotopic (exact) mass is 1410 g/mol. The summed E-state index contributed by atoms with van der Waals surface area (Å²) in [5.41, 5.74) is 0. The van der Waals surface area contributed by atoms with Crippen LogP contribution >= 0.6 is 15.6 Å². The van der Waals surface area contributed by atoms with Crippen LogP contribution < -0.4 is 0 Å². The quantitative estimate of drug-likeness (QED) is 0.0222. The minimum atomic E-state index is -4.96. The van der Waals surface area contributed by atoms with E-state index in [9.17, 15) is 43.2 Å². The van der Waals surface area contributed by atoms with Crippen molar-refractivity contribution in [1.82, 2.24) is 0 Å². The predicted molar refractivity (Wildman–Crippen MR) is 391 cm³/mol. The van der Waals surface area contributed by atoms with Crippen LogP contribution in [0.25, 0.3) is 0 Å². The molecule has 0 heterocycles. The molecule has 0 aromatic rings. The van der Waals surface area contributed by atoms with Gasteiger partial charge >= 0.3 is 39.5 Å². The summed E-state index contributed by atoms with van der Waals surface area (Å²) in [5, 5.41) is 10.6. The van der Waals surface area contributed by atoms with Crippen molar-refractivity contribution in [3.05, 3.63) is 0 Å². The molecule has 0 aromatic heterocycles. The van der Waals surface area contributed by atoms with Gasteiger partial charge in [-0.05, 0) is 43.4 Å². The van der Waals surface area contributed by atoms with Gasteiger partial charge < -0.3 is 33.8 Å². The van der Waals surface area contributed by atoms with E-state index in [1.165, 1.54) is 205 Å². The van der Waals surface area contributed by atoms with Gasteiger partial charge in [0.05, 0.1) is 26.4 Å². The number of carbonyl (C=O) groups excluding carboxylic acids is 4. The number of phosphoric acid groups is 2. The van der Waals surface area contributed by atoms with Gasteiger partial charge in [-0.15, -0.1) is 0 Å². The first-order chi connectivity index (χ1) is 46.3. The highest BCUT2D eigenvalue weighted by atomic mass is 31.2. The first-order valence-electron chi connectivity index (χ1n) is 39.9. The third kappa shape index (κ3) is 69.2. The summed E-state index contributed by atoms with van der Waals surface area (Å²) in [6.07, 6.45) is 53.9. The van der Waals surface area contributed by atoms with E-state index < -0.39 is 97.5 Å². The first-order valence-corrected chi connectivity index (χ1v) is 42.9. The molecule has 0 aliphatic rings. The Morgan fingerprint density at radius 1 is 0.302 bits per heavy atom. The molecule has 3 unspecified atom stereocenters.